The molecule has 0 saturated carbocycles. The molecule has 4 nitrogen and oxygen atoms in total. The second kappa shape index (κ2) is 10.3. The van der Waals surface area contributed by atoms with Gasteiger partial charge in [0.1, 0.15) is 23.0 Å². The summed E-state index contributed by atoms with van der Waals surface area (Å²) >= 11 is 0. The molecule has 0 saturated heterocycles. The van der Waals surface area contributed by atoms with Crippen LogP contribution in [0.3, 0.4) is 0 Å². The SMILES string of the molecule is NCCCCc1c(-c2cccc(Oc3ccccc3)c2)[nH]c2ccc(Oc3ccccc3)cc12. The number of aromatic amines is 1. The maximum Gasteiger partial charge on any atom is 0.128 e. The van der Waals surface area contributed by atoms with E-state index in [1.807, 2.05) is 78.9 Å². The van der Waals surface area contributed by atoms with Gasteiger partial charge in [0, 0.05) is 22.2 Å². The Labute approximate surface area is 200 Å². The van der Waals surface area contributed by atoms with Crippen LogP contribution in [0, 0.1) is 0 Å². The van der Waals surface area contributed by atoms with Crippen molar-refractivity contribution in [3.63, 3.8) is 0 Å². The molecule has 0 aliphatic carbocycles. The highest BCUT2D eigenvalue weighted by atomic mass is 16.5. The Hall–Kier alpha value is -4.02. The van der Waals surface area contributed by atoms with Gasteiger partial charge in [-0.1, -0.05) is 48.5 Å². The quantitative estimate of drug-likeness (QED) is 0.227. The molecule has 5 aromatic rings. The number of H-pyrrole nitrogens is 1. The summed E-state index contributed by atoms with van der Waals surface area (Å²) in [5.74, 6) is 3.28. The van der Waals surface area contributed by atoms with Gasteiger partial charge in [-0.05, 0) is 86.0 Å². The molecule has 0 radical (unpaired) electrons. The van der Waals surface area contributed by atoms with Crippen molar-refractivity contribution in [3.05, 3.63) is 109 Å². The topological polar surface area (TPSA) is 60.3 Å². The van der Waals surface area contributed by atoms with Crippen LogP contribution in [0.25, 0.3) is 22.2 Å². The van der Waals surface area contributed by atoms with E-state index in [0.29, 0.717) is 6.54 Å². The lowest BCUT2D eigenvalue weighted by atomic mass is 10.00. The first-order valence-corrected chi connectivity index (χ1v) is 11.7. The van der Waals surface area contributed by atoms with E-state index in [2.05, 4.69) is 29.2 Å². The molecule has 0 amide bonds. The summed E-state index contributed by atoms with van der Waals surface area (Å²) < 4.78 is 12.2. The molecule has 0 aliphatic heterocycles. The van der Waals surface area contributed by atoms with Crippen LogP contribution in [0.1, 0.15) is 18.4 Å². The third-order valence-electron chi connectivity index (χ3n) is 5.84. The summed E-state index contributed by atoms with van der Waals surface area (Å²) in [5.41, 5.74) is 10.4. The van der Waals surface area contributed by atoms with Crippen LogP contribution in [0.15, 0.2) is 103 Å². The maximum atomic E-state index is 6.11. The molecule has 0 unspecified atom stereocenters. The molecule has 0 aliphatic rings. The van der Waals surface area contributed by atoms with Crippen LogP contribution in [0.5, 0.6) is 23.0 Å². The molecule has 0 spiro atoms. The third kappa shape index (κ3) is 4.98. The largest absolute Gasteiger partial charge is 0.457 e. The number of aryl methyl sites for hydroxylation is 1. The van der Waals surface area contributed by atoms with Crippen molar-refractivity contribution in [3.8, 4) is 34.3 Å². The molecule has 4 aromatic carbocycles. The van der Waals surface area contributed by atoms with E-state index < -0.39 is 0 Å². The van der Waals surface area contributed by atoms with E-state index in [1.54, 1.807) is 0 Å². The number of para-hydroxylation sites is 2. The molecule has 1 heterocycles. The zero-order valence-corrected chi connectivity index (χ0v) is 19.0. The highest BCUT2D eigenvalue weighted by Gasteiger charge is 2.15. The number of hydrogen-bond donors (Lipinski definition) is 2. The molecular weight excluding hydrogens is 420 g/mol. The van der Waals surface area contributed by atoms with Crippen LogP contribution < -0.4 is 15.2 Å². The zero-order valence-electron chi connectivity index (χ0n) is 19.0. The van der Waals surface area contributed by atoms with E-state index in [9.17, 15) is 0 Å². The van der Waals surface area contributed by atoms with Gasteiger partial charge in [0.2, 0.25) is 0 Å². The molecule has 170 valence electrons. The van der Waals surface area contributed by atoms with E-state index >= 15 is 0 Å². The summed E-state index contributed by atoms with van der Waals surface area (Å²) in [6.07, 6.45) is 2.95. The van der Waals surface area contributed by atoms with E-state index in [1.165, 1.54) is 10.9 Å². The van der Waals surface area contributed by atoms with Crippen molar-refractivity contribution in [2.45, 2.75) is 19.3 Å². The van der Waals surface area contributed by atoms with Crippen LogP contribution in [0.2, 0.25) is 0 Å². The lowest BCUT2D eigenvalue weighted by Crippen LogP contribution is -1.99. The van der Waals surface area contributed by atoms with Gasteiger partial charge in [-0.3, -0.25) is 0 Å². The van der Waals surface area contributed by atoms with Crippen molar-refractivity contribution >= 4 is 10.9 Å². The van der Waals surface area contributed by atoms with Gasteiger partial charge in [-0.2, -0.15) is 0 Å². The fourth-order valence-corrected chi connectivity index (χ4v) is 4.21. The van der Waals surface area contributed by atoms with Crippen molar-refractivity contribution in [2.75, 3.05) is 6.54 Å². The van der Waals surface area contributed by atoms with E-state index in [-0.39, 0.29) is 0 Å². The van der Waals surface area contributed by atoms with Crippen LogP contribution >= 0.6 is 0 Å². The van der Waals surface area contributed by atoms with Crippen molar-refractivity contribution < 1.29 is 9.47 Å². The average molecular weight is 449 g/mol. The van der Waals surface area contributed by atoms with Gasteiger partial charge < -0.3 is 20.2 Å². The Bertz CT molecular complexity index is 1360. The minimum atomic E-state index is 0.695. The van der Waals surface area contributed by atoms with Crippen LogP contribution in [-0.4, -0.2) is 11.5 Å². The standard InChI is InChI=1S/C30H28N2O2/c31-19-8-7-16-27-28-21-26(34-24-13-5-2-6-14-24)17-18-29(28)32-30(27)22-10-9-15-25(20-22)33-23-11-3-1-4-12-23/h1-6,9-15,17-18,20-21,32H,7-8,16,19,31H2. The number of fused-ring (bicyclic) bond motifs is 1. The van der Waals surface area contributed by atoms with Gasteiger partial charge >= 0.3 is 0 Å². The summed E-state index contributed by atoms with van der Waals surface area (Å²) in [6, 6.07) is 34.2. The molecule has 3 N–H and O–H groups in total. The van der Waals surface area contributed by atoms with Gasteiger partial charge in [0.05, 0.1) is 0 Å². The predicted octanol–water partition coefficient (Wildman–Crippen LogP) is 7.70. The van der Waals surface area contributed by atoms with Gasteiger partial charge in [0.15, 0.2) is 0 Å². The Morgan fingerprint density at radius 2 is 1.26 bits per heavy atom. The van der Waals surface area contributed by atoms with Crippen molar-refractivity contribution in [1.29, 1.82) is 0 Å². The fraction of sp³-hybridized carbons (Fsp3) is 0.133. The summed E-state index contributed by atoms with van der Waals surface area (Å²) in [6.45, 7) is 0.695. The lowest BCUT2D eigenvalue weighted by molar-refractivity contribution is 0.483. The summed E-state index contributed by atoms with van der Waals surface area (Å²) in [4.78, 5) is 3.65. The lowest BCUT2D eigenvalue weighted by Gasteiger charge is -2.09. The minimum absolute atomic E-state index is 0.695. The minimum Gasteiger partial charge on any atom is -0.457 e. The Balaban J connectivity index is 1.52. The second-order valence-corrected chi connectivity index (χ2v) is 8.29. The van der Waals surface area contributed by atoms with Gasteiger partial charge in [-0.15, -0.1) is 0 Å². The third-order valence-corrected chi connectivity index (χ3v) is 5.84. The summed E-state index contributed by atoms with van der Waals surface area (Å²) in [5, 5.41) is 1.18. The second-order valence-electron chi connectivity index (χ2n) is 8.29. The molecule has 4 heteroatoms. The average Bonchev–Trinajstić information content (AvgIpc) is 3.24. The fourth-order valence-electron chi connectivity index (χ4n) is 4.21. The predicted molar refractivity (Wildman–Crippen MR) is 139 cm³/mol. The molecule has 5 rings (SSSR count). The number of benzene rings is 4. The van der Waals surface area contributed by atoms with E-state index in [0.717, 1.165) is 59.0 Å². The maximum absolute atomic E-state index is 6.11. The Kier molecular flexibility index (Phi) is 6.59. The number of hydrogen-bond acceptors (Lipinski definition) is 3. The molecule has 0 atom stereocenters. The molecule has 1 aromatic heterocycles. The first-order valence-electron chi connectivity index (χ1n) is 11.7. The van der Waals surface area contributed by atoms with Crippen LogP contribution in [-0.2, 0) is 6.42 Å². The highest BCUT2D eigenvalue weighted by Crippen LogP contribution is 2.36. The van der Waals surface area contributed by atoms with Gasteiger partial charge in [0.25, 0.3) is 0 Å². The number of nitrogens with one attached hydrogen (secondary N) is 1. The van der Waals surface area contributed by atoms with Crippen LogP contribution in [0.4, 0.5) is 0 Å². The normalized spacial score (nSPS) is 11.0. The Morgan fingerprint density at radius 3 is 1.94 bits per heavy atom. The smallest absolute Gasteiger partial charge is 0.128 e. The van der Waals surface area contributed by atoms with Gasteiger partial charge in [-0.25, -0.2) is 0 Å². The highest BCUT2D eigenvalue weighted by molar-refractivity contribution is 5.92. The molecular formula is C30H28N2O2. The number of rotatable bonds is 9. The zero-order chi connectivity index (χ0) is 23.2. The monoisotopic (exact) mass is 448 g/mol. The number of unbranched alkanes of at least 4 members (excludes halogenated alkanes) is 1. The summed E-state index contributed by atoms with van der Waals surface area (Å²) in [7, 11) is 0. The molecule has 0 bridgehead atoms. The van der Waals surface area contributed by atoms with Crippen molar-refractivity contribution in [1.82, 2.24) is 4.98 Å². The van der Waals surface area contributed by atoms with E-state index in [4.69, 9.17) is 15.2 Å². The Morgan fingerprint density at radius 1 is 0.618 bits per heavy atom. The molecule has 34 heavy (non-hydrogen) atoms. The molecule has 0 fully saturated rings. The number of ether oxygens (including phenoxy) is 2. The first kappa shape index (κ1) is 21.8. The number of aromatic nitrogens is 1. The van der Waals surface area contributed by atoms with Crippen molar-refractivity contribution in [2.24, 2.45) is 5.73 Å². The number of nitrogens with two attached hydrogens (primary N) is 1. The first-order chi connectivity index (χ1) is 16.8.